The molecular formula is C23H24N4O3S2. The first-order valence-electron chi connectivity index (χ1n) is 10.1. The molecule has 1 atom stereocenters. The van der Waals surface area contributed by atoms with E-state index in [4.69, 9.17) is 0 Å². The second kappa shape index (κ2) is 8.65. The van der Waals surface area contributed by atoms with E-state index in [-0.39, 0.29) is 16.1 Å². The van der Waals surface area contributed by atoms with Gasteiger partial charge in [0.05, 0.1) is 21.7 Å². The number of aromatic nitrogens is 1. The number of sulfonamides is 1. The standard InChI is InChI=1S/C23H24N4O3S2/c1-15-12-20(19-10-5-6-11-21(19)24-15)22(28)27-14-16(2)31-23(27)25-17-8-7-9-18(13-17)32(29,30)26(3)4/h5-13,16H,14H2,1-4H3. The Labute approximate surface area is 192 Å². The van der Waals surface area contributed by atoms with E-state index < -0.39 is 10.0 Å². The van der Waals surface area contributed by atoms with Crippen LogP contribution in [0.2, 0.25) is 0 Å². The predicted molar refractivity (Wildman–Crippen MR) is 129 cm³/mol. The maximum atomic E-state index is 13.6. The van der Waals surface area contributed by atoms with Gasteiger partial charge in [-0.25, -0.2) is 17.7 Å². The first-order valence-corrected chi connectivity index (χ1v) is 12.4. The van der Waals surface area contributed by atoms with Crippen molar-refractivity contribution in [2.75, 3.05) is 20.6 Å². The molecule has 0 aliphatic carbocycles. The topological polar surface area (TPSA) is 82.9 Å². The van der Waals surface area contributed by atoms with Crippen LogP contribution in [0.3, 0.4) is 0 Å². The van der Waals surface area contributed by atoms with Crippen molar-refractivity contribution in [3.8, 4) is 0 Å². The molecule has 0 spiro atoms. The molecule has 1 aliphatic heterocycles. The van der Waals surface area contributed by atoms with Gasteiger partial charge in [-0.3, -0.25) is 14.7 Å². The molecule has 1 amide bonds. The number of fused-ring (bicyclic) bond motifs is 1. The number of rotatable bonds is 4. The van der Waals surface area contributed by atoms with Gasteiger partial charge in [-0.1, -0.05) is 43.0 Å². The number of pyridine rings is 1. The molecule has 2 aromatic carbocycles. The number of aliphatic imine (C=N–C) groups is 1. The highest BCUT2D eigenvalue weighted by Gasteiger charge is 2.32. The maximum absolute atomic E-state index is 13.6. The summed E-state index contributed by atoms with van der Waals surface area (Å²) in [4.78, 5) is 24.6. The van der Waals surface area contributed by atoms with Crippen LogP contribution in [-0.2, 0) is 10.0 Å². The second-order valence-corrected chi connectivity index (χ2v) is 11.4. The smallest absolute Gasteiger partial charge is 0.260 e. The minimum Gasteiger partial charge on any atom is -0.286 e. The van der Waals surface area contributed by atoms with E-state index >= 15 is 0 Å². The van der Waals surface area contributed by atoms with E-state index in [1.807, 2.05) is 38.1 Å². The summed E-state index contributed by atoms with van der Waals surface area (Å²) in [6, 6.07) is 15.9. The number of amides is 1. The van der Waals surface area contributed by atoms with Gasteiger partial charge in [0.25, 0.3) is 5.91 Å². The summed E-state index contributed by atoms with van der Waals surface area (Å²) in [5, 5.41) is 1.52. The average molecular weight is 469 g/mol. The predicted octanol–water partition coefficient (Wildman–Crippen LogP) is 4.06. The summed E-state index contributed by atoms with van der Waals surface area (Å²) in [7, 11) is -0.596. The van der Waals surface area contributed by atoms with Crippen molar-refractivity contribution < 1.29 is 13.2 Å². The van der Waals surface area contributed by atoms with Crippen LogP contribution in [0.15, 0.2) is 64.5 Å². The SMILES string of the molecule is Cc1cc(C(=O)N2CC(C)SC2=Nc2cccc(S(=O)(=O)N(C)C)c2)c2ccccc2n1. The van der Waals surface area contributed by atoms with Crippen LogP contribution in [0, 0.1) is 6.92 Å². The Bertz CT molecular complexity index is 1340. The van der Waals surface area contributed by atoms with Crippen LogP contribution in [0.4, 0.5) is 5.69 Å². The van der Waals surface area contributed by atoms with Crippen molar-refractivity contribution in [2.24, 2.45) is 4.99 Å². The second-order valence-electron chi connectivity index (χ2n) is 7.85. The molecule has 9 heteroatoms. The molecule has 166 valence electrons. The molecule has 1 aromatic heterocycles. The lowest BCUT2D eigenvalue weighted by Crippen LogP contribution is -2.32. The third kappa shape index (κ3) is 4.28. The summed E-state index contributed by atoms with van der Waals surface area (Å²) in [5.74, 6) is -0.139. The van der Waals surface area contributed by atoms with Gasteiger partial charge in [0.15, 0.2) is 5.17 Å². The Morgan fingerprint density at radius 3 is 2.66 bits per heavy atom. The van der Waals surface area contributed by atoms with Crippen molar-refractivity contribution >= 4 is 49.5 Å². The van der Waals surface area contributed by atoms with E-state index in [9.17, 15) is 13.2 Å². The average Bonchev–Trinajstić information content (AvgIpc) is 3.12. The van der Waals surface area contributed by atoms with E-state index in [2.05, 4.69) is 9.98 Å². The van der Waals surface area contributed by atoms with Crippen molar-refractivity contribution in [3.05, 3.63) is 65.9 Å². The summed E-state index contributed by atoms with van der Waals surface area (Å²) >= 11 is 1.50. The van der Waals surface area contributed by atoms with Crippen molar-refractivity contribution in [1.82, 2.24) is 14.2 Å². The molecule has 0 radical (unpaired) electrons. The molecule has 0 saturated carbocycles. The lowest BCUT2D eigenvalue weighted by Gasteiger charge is -2.18. The fourth-order valence-electron chi connectivity index (χ4n) is 3.54. The molecule has 2 heterocycles. The minimum atomic E-state index is -3.58. The highest BCUT2D eigenvalue weighted by molar-refractivity contribution is 8.14. The third-order valence-electron chi connectivity index (χ3n) is 5.12. The Balaban J connectivity index is 1.74. The quantitative estimate of drug-likeness (QED) is 0.577. The van der Waals surface area contributed by atoms with Crippen molar-refractivity contribution in [2.45, 2.75) is 24.0 Å². The Kier molecular flexibility index (Phi) is 6.07. The van der Waals surface area contributed by atoms with Gasteiger partial charge in [0, 0.05) is 37.0 Å². The van der Waals surface area contributed by atoms with Gasteiger partial charge >= 0.3 is 0 Å². The van der Waals surface area contributed by atoms with E-state index in [1.54, 1.807) is 23.1 Å². The van der Waals surface area contributed by atoms with Gasteiger partial charge in [-0.05, 0) is 37.3 Å². The number of hydrogen-bond acceptors (Lipinski definition) is 6. The maximum Gasteiger partial charge on any atom is 0.260 e. The van der Waals surface area contributed by atoms with E-state index in [0.717, 1.165) is 16.6 Å². The monoisotopic (exact) mass is 468 g/mol. The summed E-state index contributed by atoms with van der Waals surface area (Å²) in [6.45, 7) is 4.43. The normalized spacial score (nSPS) is 18.1. The van der Waals surface area contributed by atoms with E-state index in [1.165, 1.54) is 42.3 Å². The molecular weight excluding hydrogens is 444 g/mol. The fourth-order valence-corrected chi connectivity index (χ4v) is 5.51. The van der Waals surface area contributed by atoms with Crippen LogP contribution in [0.5, 0.6) is 0 Å². The van der Waals surface area contributed by atoms with Gasteiger partial charge < -0.3 is 0 Å². The van der Waals surface area contributed by atoms with Crippen LogP contribution in [0.25, 0.3) is 10.9 Å². The number of nitrogens with zero attached hydrogens (tertiary/aromatic N) is 4. The summed E-state index contributed by atoms with van der Waals surface area (Å²) in [5.41, 5.74) is 2.61. The number of carbonyl (C=O) groups excluding carboxylic acids is 1. The number of thioether (sulfide) groups is 1. The van der Waals surface area contributed by atoms with Gasteiger partial charge in [-0.2, -0.15) is 0 Å². The first-order chi connectivity index (χ1) is 15.2. The van der Waals surface area contributed by atoms with Crippen LogP contribution >= 0.6 is 11.8 Å². The number of carbonyl (C=O) groups is 1. The third-order valence-corrected chi connectivity index (χ3v) is 8.00. The van der Waals surface area contributed by atoms with Crippen LogP contribution in [0.1, 0.15) is 23.0 Å². The number of amidine groups is 1. The highest BCUT2D eigenvalue weighted by Crippen LogP contribution is 2.31. The lowest BCUT2D eigenvalue weighted by atomic mass is 10.1. The van der Waals surface area contributed by atoms with Crippen LogP contribution in [-0.4, -0.2) is 59.6 Å². The van der Waals surface area contributed by atoms with Crippen molar-refractivity contribution in [1.29, 1.82) is 0 Å². The largest absolute Gasteiger partial charge is 0.286 e. The Morgan fingerprint density at radius 1 is 1.16 bits per heavy atom. The molecule has 7 nitrogen and oxygen atoms in total. The zero-order valence-electron chi connectivity index (χ0n) is 18.3. The number of para-hydroxylation sites is 1. The van der Waals surface area contributed by atoms with Gasteiger partial charge in [0.1, 0.15) is 0 Å². The Morgan fingerprint density at radius 2 is 1.91 bits per heavy atom. The highest BCUT2D eigenvalue weighted by atomic mass is 32.2. The fraction of sp³-hybridized carbons (Fsp3) is 0.261. The number of benzene rings is 2. The van der Waals surface area contributed by atoms with E-state index in [0.29, 0.717) is 23.0 Å². The summed E-state index contributed by atoms with van der Waals surface area (Å²) < 4.78 is 26.1. The molecule has 1 aliphatic rings. The van der Waals surface area contributed by atoms with Crippen molar-refractivity contribution in [3.63, 3.8) is 0 Å². The summed E-state index contributed by atoms with van der Waals surface area (Å²) in [6.07, 6.45) is 0. The molecule has 3 aromatic rings. The molecule has 1 unspecified atom stereocenters. The molecule has 1 saturated heterocycles. The van der Waals surface area contributed by atoms with Crippen LogP contribution < -0.4 is 0 Å². The Hall–Kier alpha value is -2.75. The molecule has 4 rings (SSSR count). The lowest BCUT2D eigenvalue weighted by molar-refractivity contribution is 0.0857. The zero-order chi connectivity index (χ0) is 23.0. The number of aryl methyl sites for hydroxylation is 1. The molecule has 1 fully saturated rings. The first kappa shape index (κ1) is 22.4. The van der Waals surface area contributed by atoms with Gasteiger partial charge in [0.2, 0.25) is 10.0 Å². The molecule has 32 heavy (non-hydrogen) atoms. The molecule has 0 N–H and O–H groups in total. The molecule has 0 bridgehead atoms. The number of hydrogen-bond donors (Lipinski definition) is 0. The zero-order valence-corrected chi connectivity index (χ0v) is 19.9. The minimum absolute atomic E-state index is 0.139. The van der Waals surface area contributed by atoms with Gasteiger partial charge in [-0.15, -0.1) is 0 Å².